The SMILES string of the molecule is O=C(N=S1(=O)CCCN(C(=O)[C@@H]2CCCO2)CC1)c1ccc(Cn2cccn2)o1. The molecule has 4 heterocycles. The first-order chi connectivity index (χ1) is 14.0. The Balaban J connectivity index is 1.41. The Hall–Kier alpha value is -2.46. The molecule has 10 heteroatoms. The summed E-state index contributed by atoms with van der Waals surface area (Å²) in [4.78, 5) is 26.7. The summed E-state index contributed by atoms with van der Waals surface area (Å²) in [6.07, 6.45) is 5.22. The van der Waals surface area contributed by atoms with E-state index in [0.29, 0.717) is 38.4 Å². The second kappa shape index (κ2) is 8.50. The molecule has 2 aliphatic rings. The molecule has 0 saturated carbocycles. The monoisotopic (exact) mass is 420 g/mol. The zero-order valence-electron chi connectivity index (χ0n) is 16.1. The van der Waals surface area contributed by atoms with Gasteiger partial charge in [-0.05, 0) is 37.5 Å². The fourth-order valence-electron chi connectivity index (χ4n) is 3.56. The van der Waals surface area contributed by atoms with Gasteiger partial charge in [0, 0.05) is 43.6 Å². The van der Waals surface area contributed by atoms with Crippen LogP contribution in [0.2, 0.25) is 0 Å². The largest absolute Gasteiger partial charge is 0.454 e. The standard InChI is InChI=1S/C19H24N4O5S/c24-18(16-6-5-15(28-16)14-23-9-2-7-20-23)21-29(26)12-3-8-22(10-13-29)19(25)17-4-1-11-27-17/h2,5-7,9,17H,1,3-4,8,10-14H2/t17-,29?/m0/s1. The maximum Gasteiger partial charge on any atom is 0.320 e. The fraction of sp³-hybridized carbons (Fsp3) is 0.526. The lowest BCUT2D eigenvalue weighted by atomic mass is 10.2. The summed E-state index contributed by atoms with van der Waals surface area (Å²) >= 11 is 0. The van der Waals surface area contributed by atoms with Gasteiger partial charge in [-0.15, -0.1) is 0 Å². The van der Waals surface area contributed by atoms with Gasteiger partial charge in [-0.1, -0.05) is 0 Å². The molecule has 29 heavy (non-hydrogen) atoms. The lowest BCUT2D eigenvalue weighted by Crippen LogP contribution is -2.40. The number of nitrogens with zero attached hydrogens (tertiary/aromatic N) is 4. The fourth-order valence-corrected chi connectivity index (χ4v) is 5.43. The van der Waals surface area contributed by atoms with Crippen molar-refractivity contribution in [2.24, 2.45) is 4.36 Å². The first-order valence-electron chi connectivity index (χ1n) is 9.76. The molecule has 0 radical (unpaired) electrons. The Morgan fingerprint density at radius 2 is 2.14 bits per heavy atom. The summed E-state index contributed by atoms with van der Waals surface area (Å²) in [7, 11) is -2.74. The number of amides is 2. The van der Waals surface area contributed by atoms with Crippen LogP contribution >= 0.6 is 0 Å². The molecule has 2 atom stereocenters. The van der Waals surface area contributed by atoms with Crippen LogP contribution in [-0.4, -0.2) is 68.0 Å². The number of ether oxygens (including phenoxy) is 1. The van der Waals surface area contributed by atoms with Crippen molar-refractivity contribution in [1.29, 1.82) is 0 Å². The molecule has 2 fully saturated rings. The maximum absolute atomic E-state index is 13.1. The van der Waals surface area contributed by atoms with Gasteiger partial charge in [0.1, 0.15) is 11.9 Å². The van der Waals surface area contributed by atoms with Crippen LogP contribution in [0.25, 0.3) is 0 Å². The molecule has 2 aliphatic heterocycles. The number of rotatable bonds is 4. The normalized spacial score (nSPS) is 25.0. The van der Waals surface area contributed by atoms with E-state index in [1.54, 1.807) is 34.1 Å². The van der Waals surface area contributed by atoms with Crippen molar-refractivity contribution in [3.8, 4) is 0 Å². The van der Waals surface area contributed by atoms with E-state index in [4.69, 9.17) is 9.15 Å². The smallest absolute Gasteiger partial charge is 0.320 e. The predicted octanol–water partition coefficient (Wildman–Crippen LogP) is 1.54. The van der Waals surface area contributed by atoms with Crippen LogP contribution in [0.1, 0.15) is 35.6 Å². The van der Waals surface area contributed by atoms with E-state index < -0.39 is 15.6 Å². The van der Waals surface area contributed by atoms with E-state index in [9.17, 15) is 13.8 Å². The number of hydrogen-bond donors (Lipinski definition) is 0. The molecule has 4 rings (SSSR count). The third-order valence-electron chi connectivity index (χ3n) is 5.09. The van der Waals surface area contributed by atoms with Crippen molar-refractivity contribution in [3.05, 3.63) is 42.1 Å². The average Bonchev–Trinajstić information content (AvgIpc) is 3.45. The molecule has 0 aromatic carbocycles. The van der Waals surface area contributed by atoms with E-state index in [0.717, 1.165) is 12.8 Å². The molecule has 2 saturated heterocycles. The zero-order valence-corrected chi connectivity index (χ0v) is 16.9. The highest BCUT2D eigenvalue weighted by Gasteiger charge is 2.30. The van der Waals surface area contributed by atoms with Gasteiger partial charge < -0.3 is 14.1 Å². The summed E-state index contributed by atoms with van der Waals surface area (Å²) in [5, 5.41) is 4.09. The summed E-state index contributed by atoms with van der Waals surface area (Å²) in [6, 6.07) is 5.03. The van der Waals surface area contributed by atoms with E-state index in [2.05, 4.69) is 9.46 Å². The summed E-state index contributed by atoms with van der Waals surface area (Å²) in [6.45, 7) is 1.83. The minimum absolute atomic E-state index is 0.0493. The van der Waals surface area contributed by atoms with Crippen molar-refractivity contribution in [1.82, 2.24) is 14.7 Å². The minimum atomic E-state index is -2.74. The molecule has 0 bridgehead atoms. The second-order valence-corrected chi connectivity index (χ2v) is 9.77. The van der Waals surface area contributed by atoms with Gasteiger partial charge in [0.2, 0.25) is 0 Å². The molecule has 2 amide bonds. The molecule has 0 aliphatic carbocycles. The number of aromatic nitrogens is 2. The van der Waals surface area contributed by atoms with Crippen LogP contribution in [0.4, 0.5) is 0 Å². The van der Waals surface area contributed by atoms with Crippen molar-refractivity contribution < 1.29 is 23.0 Å². The van der Waals surface area contributed by atoms with Crippen molar-refractivity contribution in [2.45, 2.75) is 31.9 Å². The van der Waals surface area contributed by atoms with Gasteiger partial charge in [-0.3, -0.25) is 14.3 Å². The van der Waals surface area contributed by atoms with Crippen LogP contribution in [0.15, 0.2) is 39.4 Å². The number of carbonyl (C=O) groups excluding carboxylic acids is 2. The third-order valence-corrected chi connectivity index (χ3v) is 7.33. The van der Waals surface area contributed by atoms with Crippen LogP contribution in [0.5, 0.6) is 0 Å². The maximum atomic E-state index is 13.1. The topological polar surface area (TPSA) is 107 Å². The molecule has 0 N–H and O–H groups in total. The molecule has 1 unspecified atom stereocenters. The summed E-state index contributed by atoms with van der Waals surface area (Å²) in [5.74, 6) is 0.419. The highest BCUT2D eigenvalue weighted by atomic mass is 32.2. The van der Waals surface area contributed by atoms with Crippen molar-refractivity contribution in [3.63, 3.8) is 0 Å². The zero-order chi connectivity index (χ0) is 20.3. The lowest BCUT2D eigenvalue weighted by molar-refractivity contribution is -0.140. The van der Waals surface area contributed by atoms with Crippen LogP contribution < -0.4 is 0 Å². The Labute approximate surface area is 169 Å². The molecule has 9 nitrogen and oxygen atoms in total. The first kappa shape index (κ1) is 19.8. The van der Waals surface area contributed by atoms with Crippen molar-refractivity contribution >= 4 is 21.5 Å². The Bertz CT molecular complexity index is 984. The van der Waals surface area contributed by atoms with E-state index >= 15 is 0 Å². The minimum Gasteiger partial charge on any atom is -0.454 e. The molecular weight excluding hydrogens is 396 g/mol. The predicted molar refractivity (Wildman–Crippen MR) is 105 cm³/mol. The second-order valence-electron chi connectivity index (χ2n) is 7.23. The highest BCUT2D eigenvalue weighted by Crippen LogP contribution is 2.18. The van der Waals surface area contributed by atoms with Gasteiger partial charge in [0.05, 0.1) is 16.3 Å². The molecule has 2 aromatic rings. The van der Waals surface area contributed by atoms with Crippen LogP contribution in [0, 0.1) is 0 Å². The van der Waals surface area contributed by atoms with E-state index in [-0.39, 0.29) is 29.3 Å². The van der Waals surface area contributed by atoms with Gasteiger partial charge in [0.15, 0.2) is 5.76 Å². The number of hydrogen-bond acceptors (Lipinski definition) is 6. The molecule has 156 valence electrons. The molecule has 0 spiro atoms. The molecular formula is C19H24N4O5S. The van der Waals surface area contributed by atoms with Crippen LogP contribution in [0.3, 0.4) is 0 Å². The van der Waals surface area contributed by atoms with E-state index in [1.807, 2.05) is 0 Å². The van der Waals surface area contributed by atoms with E-state index in [1.165, 1.54) is 6.07 Å². The highest BCUT2D eigenvalue weighted by molar-refractivity contribution is 7.93. The first-order valence-corrected chi connectivity index (χ1v) is 11.6. The Morgan fingerprint density at radius 1 is 1.24 bits per heavy atom. The summed E-state index contributed by atoms with van der Waals surface area (Å²) < 4.78 is 29.8. The summed E-state index contributed by atoms with van der Waals surface area (Å²) in [5.41, 5.74) is 0. The van der Waals surface area contributed by atoms with Gasteiger partial charge in [-0.25, -0.2) is 4.21 Å². The van der Waals surface area contributed by atoms with Gasteiger partial charge in [0.25, 0.3) is 5.91 Å². The van der Waals surface area contributed by atoms with Crippen LogP contribution in [-0.2, 0) is 25.8 Å². The Morgan fingerprint density at radius 3 is 2.90 bits per heavy atom. The quantitative estimate of drug-likeness (QED) is 0.743. The van der Waals surface area contributed by atoms with Crippen molar-refractivity contribution in [2.75, 3.05) is 31.2 Å². The average molecular weight is 420 g/mol. The lowest BCUT2D eigenvalue weighted by Gasteiger charge is -2.22. The Kier molecular flexibility index (Phi) is 5.81. The number of carbonyl (C=O) groups is 2. The molecule has 2 aromatic heterocycles. The van der Waals surface area contributed by atoms with Gasteiger partial charge >= 0.3 is 5.91 Å². The number of furan rings is 1. The third kappa shape index (κ3) is 4.76. The van der Waals surface area contributed by atoms with Gasteiger partial charge in [-0.2, -0.15) is 9.46 Å².